The molecule has 128 valence electrons. The summed E-state index contributed by atoms with van der Waals surface area (Å²) in [4.78, 5) is 21.9. The summed E-state index contributed by atoms with van der Waals surface area (Å²) < 4.78 is 0. The van der Waals surface area contributed by atoms with Crippen molar-refractivity contribution in [3.8, 4) is 0 Å². The first-order valence-corrected chi connectivity index (χ1v) is 9.08. The SMILES string of the molecule is Cc1ccc(C)c(NC(=O)c2sc(CCc3ccncc3)nc2C)c1. The third-order valence-electron chi connectivity index (χ3n) is 4.07. The molecule has 2 aromatic heterocycles. The number of aromatic nitrogens is 2. The Labute approximate surface area is 152 Å². The minimum Gasteiger partial charge on any atom is -0.321 e. The maximum Gasteiger partial charge on any atom is 0.267 e. The van der Waals surface area contributed by atoms with Gasteiger partial charge in [-0.2, -0.15) is 0 Å². The van der Waals surface area contributed by atoms with Crippen LogP contribution in [-0.4, -0.2) is 15.9 Å². The first-order chi connectivity index (χ1) is 12.0. The van der Waals surface area contributed by atoms with Gasteiger partial charge in [-0.1, -0.05) is 12.1 Å². The lowest BCUT2D eigenvalue weighted by atomic mass is 10.1. The normalized spacial score (nSPS) is 10.7. The molecule has 0 unspecified atom stereocenters. The van der Waals surface area contributed by atoms with Crippen LogP contribution >= 0.6 is 11.3 Å². The van der Waals surface area contributed by atoms with Crippen molar-refractivity contribution in [2.75, 3.05) is 5.32 Å². The topological polar surface area (TPSA) is 54.9 Å². The van der Waals surface area contributed by atoms with Crippen LogP contribution in [0.3, 0.4) is 0 Å². The number of nitrogens with zero attached hydrogens (tertiary/aromatic N) is 2. The molecule has 0 atom stereocenters. The van der Waals surface area contributed by atoms with Crippen LogP contribution in [0, 0.1) is 20.8 Å². The van der Waals surface area contributed by atoms with Gasteiger partial charge >= 0.3 is 0 Å². The molecule has 4 nitrogen and oxygen atoms in total. The van der Waals surface area contributed by atoms with Gasteiger partial charge < -0.3 is 5.32 Å². The maximum absolute atomic E-state index is 12.6. The number of carbonyl (C=O) groups is 1. The molecule has 1 aromatic carbocycles. The molecule has 0 bridgehead atoms. The van der Waals surface area contributed by atoms with Crippen molar-refractivity contribution in [3.05, 3.63) is 75.0 Å². The van der Waals surface area contributed by atoms with Crippen LogP contribution in [0.1, 0.15) is 37.1 Å². The van der Waals surface area contributed by atoms with Crippen LogP contribution in [-0.2, 0) is 12.8 Å². The quantitative estimate of drug-likeness (QED) is 0.736. The zero-order chi connectivity index (χ0) is 17.8. The fourth-order valence-electron chi connectivity index (χ4n) is 2.62. The minimum absolute atomic E-state index is 0.0844. The summed E-state index contributed by atoms with van der Waals surface area (Å²) in [6, 6.07) is 10.1. The van der Waals surface area contributed by atoms with E-state index in [2.05, 4.69) is 15.3 Å². The fraction of sp³-hybridized carbons (Fsp3) is 0.250. The Morgan fingerprint density at radius 1 is 1.08 bits per heavy atom. The molecule has 0 saturated carbocycles. The highest BCUT2D eigenvalue weighted by molar-refractivity contribution is 7.13. The second-order valence-electron chi connectivity index (χ2n) is 6.15. The number of benzene rings is 1. The summed E-state index contributed by atoms with van der Waals surface area (Å²) in [5.74, 6) is -0.0844. The second kappa shape index (κ2) is 7.57. The van der Waals surface area contributed by atoms with Crippen LogP contribution in [0.15, 0.2) is 42.7 Å². The summed E-state index contributed by atoms with van der Waals surface area (Å²) in [5, 5.41) is 4.01. The lowest BCUT2D eigenvalue weighted by molar-refractivity contribution is 0.102. The van der Waals surface area contributed by atoms with Crippen molar-refractivity contribution in [1.29, 1.82) is 0 Å². The molecule has 5 heteroatoms. The smallest absolute Gasteiger partial charge is 0.267 e. The Morgan fingerprint density at radius 3 is 2.60 bits per heavy atom. The van der Waals surface area contributed by atoms with Crippen molar-refractivity contribution in [2.24, 2.45) is 0 Å². The number of thiazole rings is 1. The van der Waals surface area contributed by atoms with E-state index in [1.54, 1.807) is 12.4 Å². The van der Waals surface area contributed by atoms with Gasteiger partial charge in [-0.05, 0) is 62.1 Å². The first-order valence-electron chi connectivity index (χ1n) is 8.27. The summed E-state index contributed by atoms with van der Waals surface area (Å²) in [7, 11) is 0. The van der Waals surface area contributed by atoms with E-state index in [4.69, 9.17) is 0 Å². The van der Waals surface area contributed by atoms with Gasteiger partial charge in [0.25, 0.3) is 5.91 Å². The van der Waals surface area contributed by atoms with Crippen molar-refractivity contribution in [2.45, 2.75) is 33.6 Å². The standard InChI is InChI=1S/C20H21N3OS/c1-13-4-5-14(2)17(12-13)23-20(24)19-15(3)22-18(25-19)7-6-16-8-10-21-11-9-16/h4-5,8-12H,6-7H2,1-3H3,(H,23,24). The third-order valence-corrected chi connectivity index (χ3v) is 5.28. The summed E-state index contributed by atoms with van der Waals surface area (Å²) >= 11 is 1.48. The van der Waals surface area contributed by atoms with Crippen LogP contribution in [0.4, 0.5) is 5.69 Å². The van der Waals surface area contributed by atoms with Gasteiger partial charge in [0.2, 0.25) is 0 Å². The molecule has 0 aliphatic heterocycles. The molecule has 25 heavy (non-hydrogen) atoms. The van der Waals surface area contributed by atoms with Crippen LogP contribution in [0.25, 0.3) is 0 Å². The molecule has 3 rings (SSSR count). The van der Waals surface area contributed by atoms with E-state index in [0.29, 0.717) is 4.88 Å². The van der Waals surface area contributed by atoms with Crippen LogP contribution < -0.4 is 5.32 Å². The van der Waals surface area contributed by atoms with E-state index in [9.17, 15) is 4.79 Å². The summed E-state index contributed by atoms with van der Waals surface area (Å²) in [6.45, 7) is 5.91. The minimum atomic E-state index is -0.0844. The number of pyridine rings is 1. The number of amides is 1. The van der Waals surface area contributed by atoms with E-state index in [0.717, 1.165) is 40.4 Å². The van der Waals surface area contributed by atoms with Crippen molar-refractivity contribution < 1.29 is 4.79 Å². The molecule has 3 aromatic rings. The summed E-state index contributed by atoms with van der Waals surface area (Å²) in [5.41, 5.74) is 5.05. The lowest BCUT2D eigenvalue weighted by Gasteiger charge is -2.08. The molecule has 0 aliphatic carbocycles. The van der Waals surface area contributed by atoms with Crippen molar-refractivity contribution in [1.82, 2.24) is 9.97 Å². The van der Waals surface area contributed by atoms with Crippen LogP contribution in [0.2, 0.25) is 0 Å². The van der Waals surface area contributed by atoms with Gasteiger partial charge in [0.05, 0.1) is 10.7 Å². The fourth-order valence-corrected chi connectivity index (χ4v) is 3.58. The largest absolute Gasteiger partial charge is 0.321 e. The van der Waals surface area contributed by atoms with Crippen molar-refractivity contribution >= 4 is 22.9 Å². The highest BCUT2D eigenvalue weighted by atomic mass is 32.1. The van der Waals surface area contributed by atoms with Gasteiger partial charge in [0.15, 0.2) is 0 Å². The summed E-state index contributed by atoms with van der Waals surface area (Å²) in [6.07, 6.45) is 5.32. The predicted molar refractivity (Wildman–Crippen MR) is 102 cm³/mol. The molecule has 0 aliphatic rings. The molecule has 1 N–H and O–H groups in total. The van der Waals surface area contributed by atoms with E-state index in [-0.39, 0.29) is 5.91 Å². The number of carbonyl (C=O) groups excluding carboxylic acids is 1. The van der Waals surface area contributed by atoms with E-state index in [1.807, 2.05) is 51.1 Å². The predicted octanol–water partition coefficient (Wildman–Crippen LogP) is 4.50. The monoisotopic (exact) mass is 351 g/mol. The second-order valence-corrected chi connectivity index (χ2v) is 7.23. The number of aryl methyl sites for hydroxylation is 5. The van der Waals surface area contributed by atoms with Gasteiger partial charge in [-0.3, -0.25) is 9.78 Å². The van der Waals surface area contributed by atoms with Gasteiger partial charge in [0, 0.05) is 24.5 Å². The number of nitrogens with one attached hydrogen (secondary N) is 1. The van der Waals surface area contributed by atoms with E-state index >= 15 is 0 Å². The van der Waals surface area contributed by atoms with Gasteiger partial charge in [-0.25, -0.2) is 4.98 Å². The Balaban J connectivity index is 1.71. The van der Waals surface area contributed by atoms with Crippen LogP contribution in [0.5, 0.6) is 0 Å². The zero-order valence-corrected chi connectivity index (χ0v) is 15.5. The number of hydrogen-bond donors (Lipinski definition) is 1. The van der Waals surface area contributed by atoms with Gasteiger partial charge in [-0.15, -0.1) is 11.3 Å². The molecule has 0 fully saturated rings. The Hall–Kier alpha value is -2.53. The Bertz CT molecular complexity index is 887. The van der Waals surface area contributed by atoms with E-state index in [1.165, 1.54) is 16.9 Å². The number of hydrogen-bond acceptors (Lipinski definition) is 4. The van der Waals surface area contributed by atoms with Gasteiger partial charge in [0.1, 0.15) is 4.88 Å². The average Bonchev–Trinajstić information content (AvgIpc) is 2.98. The average molecular weight is 351 g/mol. The molecular formula is C20H21N3OS. The lowest BCUT2D eigenvalue weighted by Crippen LogP contribution is -2.12. The molecule has 1 amide bonds. The maximum atomic E-state index is 12.6. The third kappa shape index (κ3) is 4.31. The first kappa shape index (κ1) is 17.3. The number of rotatable bonds is 5. The number of anilines is 1. The molecular weight excluding hydrogens is 330 g/mol. The Kier molecular flexibility index (Phi) is 5.24. The molecule has 0 radical (unpaired) electrons. The molecule has 0 spiro atoms. The molecule has 0 saturated heterocycles. The Morgan fingerprint density at radius 2 is 1.84 bits per heavy atom. The zero-order valence-electron chi connectivity index (χ0n) is 14.7. The molecule has 2 heterocycles. The highest BCUT2D eigenvalue weighted by Gasteiger charge is 2.16. The van der Waals surface area contributed by atoms with Crippen molar-refractivity contribution in [3.63, 3.8) is 0 Å². The van der Waals surface area contributed by atoms with E-state index < -0.39 is 0 Å². The highest BCUT2D eigenvalue weighted by Crippen LogP contribution is 2.23.